The zero-order valence-corrected chi connectivity index (χ0v) is 19.3. The van der Waals surface area contributed by atoms with Crippen LogP contribution in [0.4, 0.5) is 0 Å². The van der Waals surface area contributed by atoms with Crippen LogP contribution in [0.15, 0.2) is 53.7 Å². The van der Waals surface area contributed by atoms with Crippen molar-refractivity contribution in [2.45, 2.75) is 45.4 Å². The van der Waals surface area contributed by atoms with Crippen molar-refractivity contribution >= 4 is 5.96 Å². The maximum atomic E-state index is 5.98. The number of ether oxygens (including phenoxy) is 3. The summed E-state index contributed by atoms with van der Waals surface area (Å²) in [5.41, 5.74) is 2.20. The fourth-order valence-electron chi connectivity index (χ4n) is 3.64. The van der Waals surface area contributed by atoms with Crippen LogP contribution in [0.5, 0.6) is 5.88 Å². The Labute approximate surface area is 191 Å². The summed E-state index contributed by atoms with van der Waals surface area (Å²) in [6.45, 7) is 7.45. The molecule has 3 rings (SSSR count). The van der Waals surface area contributed by atoms with E-state index in [4.69, 9.17) is 19.2 Å². The minimum atomic E-state index is 0.329. The summed E-state index contributed by atoms with van der Waals surface area (Å²) < 4.78 is 16.9. The first-order valence-electron chi connectivity index (χ1n) is 11.5. The maximum Gasteiger partial charge on any atom is 0.213 e. The molecule has 174 valence electrons. The molecule has 32 heavy (non-hydrogen) atoms. The van der Waals surface area contributed by atoms with Crippen LogP contribution in [-0.2, 0) is 22.6 Å². The van der Waals surface area contributed by atoms with E-state index in [0.29, 0.717) is 25.1 Å². The lowest BCUT2D eigenvalue weighted by atomic mass is 10.1. The van der Waals surface area contributed by atoms with Gasteiger partial charge in [-0.25, -0.2) is 9.98 Å². The van der Waals surface area contributed by atoms with Gasteiger partial charge < -0.3 is 24.4 Å². The van der Waals surface area contributed by atoms with Gasteiger partial charge in [0.15, 0.2) is 5.96 Å². The molecule has 2 heterocycles. The van der Waals surface area contributed by atoms with Crippen LogP contribution >= 0.6 is 0 Å². The van der Waals surface area contributed by atoms with Crippen molar-refractivity contribution in [2.75, 3.05) is 40.0 Å². The van der Waals surface area contributed by atoms with Crippen LogP contribution in [-0.4, -0.2) is 61.9 Å². The first-order chi connectivity index (χ1) is 15.8. The number of pyridine rings is 1. The van der Waals surface area contributed by atoms with E-state index in [0.717, 1.165) is 69.2 Å². The second-order valence-corrected chi connectivity index (χ2v) is 7.85. The summed E-state index contributed by atoms with van der Waals surface area (Å²) in [6.07, 6.45) is 5.10. The van der Waals surface area contributed by atoms with Crippen LogP contribution in [0.25, 0.3) is 0 Å². The molecule has 1 aliphatic heterocycles. The lowest BCUT2D eigenvalue weighted by Crippen LogP contribution is -2.47. The molecule has 7 heteroatoms. The monoisotopic (exact) mass is 440 g/mol. The van der Waals surface area contributed by atoms with Crippen molar-refractivity contribution in [1.29, 1.82) is 0 Å². The zero-order chi connectivity index (χ0) is 22.4. The van der Waals surface area contributed by atoms with E-state index in [9.17, 15) is 0 Å². The van der Waals surface area contributed by atoms with E-state index in [1.165, 1.54) is 0 Å². The van der Waals surface area contributed by atoms with Crippen LogP contribution in [0, 0.1) is 0 Å². The quantitative estimate of drug-likeness (QED) is 0.327. The van der Waals surface area contributed by atoms with Gasteiger partial charge in [-0.15, -0.1) is 0 Å². The molecule has 0 aliphatic carbocycles. The molecule has 1 aromatic carbocycles. The average molecular weight is 441 g/mol. The molecule has 1 N–H and O–H groups in total. The highest BCUT2D eigenvalue weighted by Crippen LogP contribution is 2.16. The van der Waals surface area contributed by atoms with E-state index in [1.54, 1.807) is 13.3 Å². The van der Waals surface area contributed by atoms with Crippen LogP contribution in [0.3, 0.4) is 0 Å². The van der Waals surface area contributed by atoms with E-state index < -0.39 is 0 Å². The topological polar surface area (TPSA) is 68.2 Å². The third kappa shape index (κ3) is 8.13. The molecule has 0 atom stereocenters. The molecule has 7 nitrogen and oxygen atoms in total. The Balaban J connectivity index is 1.50. The Kier molecular flexibility index (Phi) is 10.3. The summed E-state index contributed by atoms with van der Waals surface area (Å²) in [5.74, 6) is 1.58. The van der Waals surface area contributed by atoms with Gasteiger partial charge in [0, 0.05) is 52.2 Å². The average Bonchev–Trinajstić information content (AvgIpc) is 2.84. The molecule has 0 radical (unpaired) electrons. The summed E-state index contributed by atoms with van der Waals surface area (Å²) in [4.78, 5) is 11.5. The number of piperidine rings is 1. The van der Waals surface area contributed by atoms with Crippen molar-refractivity contribution in [1.82, 2.24) is 15.2 Å². The molecule has 0 unspecified atom stereocenters. The summed E-state index contributed by atoms with van der Waals surface area (Å²) in [5, 5.41) is 3.43. The molecule has 0 saturated carbocycles. The van der Waals surface area contributed by atoms with Gasteiger partial charge in [-0.2, -0.15) is 0 Å². The van der Waals surface area contributed by atoms with Gasteiger partial charge in [0.05, 0.1) is 12.6 Å². The predicted molar refractivity (Wildman–Crippen MR) is 127 cm³/mol. The highest BCUT2D eigenvalue weighted by atomic mass is 16.5. The van der Waals surface area contributed by atoms with E-state index in [2.05, 4.69) is 22.1 Å². The standard InChI is InChI=1S/C25H36N4O3/c1-3-26-25(29-14-11-23(12-15-29)31-17-7-16-30-2)28-19-22-10-13-27-24(18-22)32-20-21-8-5-4-6-9-21/h4-6,8-10,13,18,23H,3,7,11-12,14-17,19-20H2,1-2H3,(H,26,28). The second-order valence-electron chi connectivity index (χ2n) is 7.85. The normalized spacial score (nSPS) is 15.1. The number of benzene rings is 1. The second kappa shape index (κ2) is 13.7. The molecular formula is C25H36N4O3. The molecule has 0 spiro atoms. The number of nitrogens with one attached hydrogen (secondary N) is 1. The summed E-state index contributed by atoms with van der Waals surface area (Å²) in [6, 6.07) is 14.1. The van der Waals surface area contributed by atoms with Crippen molar-refractivity contribution in [3.63, 3.8) is 0 Å². The molecular weight excluding hydrogens is 404 g/mol. The highest BCUT2D eigenvalue weighted by molar-refractivity contribution is 5.80. The van der Waals surface area contributed by atoms with Crippen LogP contribution in [0.1, 0.15) is 37.3 Å². The lowest BCUT2D eigenvalue weighted by molar-refractivity contribution is 0.00990. The summed E-state index contributed by atoms with van der Waals surface area (Å²) >= 11 is 0. The van der Waals surface area contributed by atoms with Crippen molar-refractivity contribution in [3.05, 3.63) is 59.8 Å². The molecule has 1 aromatic heterocycles. The fraction of sp³-hybridized carbons (Fsp3) is 0.520. The summed E-state index contributed by atoms with van der Waals surface area (Å²) in [7, 11) is 1.73. The van der Waals surface area contributed by atoms with Gasteiger partial charge in [-0.05, 0) is 43.4 Å². The van der Waals surface area contributed by atoms with E-state index in [-0.39, 0.29) is 0 Å². The van der Waals surface area contributed by atoms with Gasteiger partial charge in [0.2, 0.25) is 5.88 Å². The first-order valence-corrected chi connectivity index (χ1v) is 11.5. The minimum absolute atomic E-state index is 0.329. The fourth-order valence-corrected chi connectivity index (χ4v) is 3.64. The number of hydrogen-bond acceptors (Lipinski definition) is 5. The minimum Gasteiger partial charge on any atom is -0.473 e. The SMILES string of the molecule is CCNC(=NCc1ccnc(OCc2ccccc2)c1)N1CCC(OCCCOC)CC1. The molecule has 0 amide bonds. The van der Waals surface area contributed by atoms with Crippen LogP contribution in [0.2, 0.25) is 0 Å². The largest absolute Gasteiger partial charge is 0.473 e. The number of likely N-dealkylation sites (tertiary alicyclic amines) is 1. The maximum absolute atomic E-state index is 5.98. The van der Waals surface area contributed by atoms with Crippen molar-refractivity contribution < 1.29 is 14.2 Å². The van der Waals surface area contributed by atoms with Crippen LogP contribution < -0.4 is 10.1 Å². The smallest absolute Gasteiger partial charge is 0.213 e. The van der Waals surface area contributed by atoms with Gasteiger partial charge in [-0.1, -0.05) is 30.3 Å². The van der Waals surface area contributed by atoms with Gasteiger partial charge in [0.1, 0.15) is 6.61 Å². The Bertz CT molecular complexity index is 808. The van der Waals surface area contributed by atoms with Crippen molar-refractivity contribution in [3.8, 4) is 5.88 Å². The van der Waals surface area contributed by atoms with Gasteiger partial charge in [-0.3, -0.25) is 0 Å². The van der Waals surface area contributed by atoms with Crippen molar-refractivity contribution in [2.24, 2.45) is 4.99 Å². The van der Waals surface area contributed by atoms with Gasteiger partial charge in [0.25, 0.3) is 0 Å². The molecule has 1 aliphatic rings. The molecule has 1 saturated heterocycles. The number of methoxy groups -OCH3 is 1. The molecule has 0 bridgehead atoms. The Morgan fingerprint density at radius 1 is 1.12 bits per heavy atom. The molecule has 2 aromatic rings. The number of hydrogen-bond donors (Lipinski definition) is 1. The molecule has 1 fully saturated rings. The zero-order valence-electron chi connectivity index (χ0n) is 19.3. The Morgan fingerprint density at radius 3 is 2.69 bits per heavy atom. The number of guanidine groups is 1. The Hall–Kier alpha value is -2.64. The first kappa shape index (κ1) is 24.0. The number of rotatable bonds is 11. The number of aromatic nitrogens is 1. The van der Waals surface area contributed by atoms with E-state index in [1.807, 2.05) is 42.5 Å². The predicted octanol–water partition coefficient (Wildman–Crippen LogP) is 3.64. The lowest BCUT2D eigenvalue weighted by Gasteiger charge is -2.34. The highest BCUT2D eigenvalue weighted by Gasteiger charge is 2.21. The number of nitrogens with zero attached hydrogens (tertiary/aromatic N) is 3. The van der Waals surface area contributed by atoms with E-state index >= 15 is 0 Å². The third-order valence-corrected chi connectivity index (χ3v) is 5.36. The number of aliphatic imine (C=N–C) groups is 1. The van der Waals surface area contributed by atoms with Gasteiger partial charge >= 0.3 is 0 Å². The third-order valence-electron chi connectivity index (χ3n) is 5.36. The Morgan fingerprint density at radius 2 is 1.94 bits per heavy atom.